The number of esters is 2. The van der Waals surface area contributed by atoms with Gasteiger partial charge in [0.25, 0.3) is 0 Å². The van der Waals surface area contributed by atoms with Crippen LogP contribution in [-0.2, 0) is 32.7 Å². The van der Waals surface area contributed by atoms with Crippen LogP contribution in [0, 0.1) is 0 Å². The Labute approximate surface area is 351 Å². The fourth-order valence-electron chi connectivity index (χ4n) is 6.56. The average Bonchev–Trinajstić information content (AvgIpc) is 3.18. The lowest BCUT2D eigenvalue weighted by Crippen LogP contribution is -2.29. The normalized spacial score (nSPS) is 13.5. The van der Waals surface area contributed by atoms with E-state index in [1.165, 1.54) is 148 Å². The van der Waals surface area contributed by atoms with Gasteiger partial charge < -0.3 is 19.3 Å². The molecule has 57 heavy (non-hydrogen) atoms. The lowest BCUT2D eigenvalue weighted by molar-refractivity contribution is -0.161. The molecule has 336 valence electrons. The van der Waals surface area contributed by atoms with Crippen molar-refractivity contribution in [2.45, 2.75) is 225 Å². The molecule has 0 heterocycles. The Hall–Kier alpha value is -1.51. The molecule has 0 rings (SSSR count). The van der Waals surface area contributed by atoms with Gasteiger partial charge in [0.15, 0.2) is 6.10 Å². The lowest BCUT2D eigenvalue weighted by atomic mass is 10.1. The molecular formula is C47H90NO8P. The molecule has 0 radical (unpaired) electrons. The summed E-state index contributed by atoms with van der Waals surface area (Å²) >= 11 is 0. The second kappa shape index (κ2) is 42.6. The van der Waals surface area contributed by atoms with Gasteiger partial charge in [0.05, 0.1) is 13.2 Å². The van der Waals surface area contributed by atoms with Crippen molar-refractivity contribution in [3.05, 3.63) is 24.3 Å². The standard InChI is InChI=1S/C47H90NO8P/c1-5-7-9-11-13-15-17-19-21-22-23-24-26-28-30-32-34-36-38-40-47(50)56-45(44-55-57(51,52)54-42-41-48(3)4)43-53-46(49)39-37-35-33-31-29-27-25-20-18-16-14-12-10-8-6-2/h16,18-19,21,45H,5-15,17,20,22-44H2,1-4H3,(H,51,52)/b18-16-,21-19-. The summed E-state index contributed by atoms with van der Waals surface area (Å²) in [5, 5.41) is 0. The second-order valence-electron chi connectivity index (χ2n) is 16.3. The number of ether oxygens (including phenoxy) is 2. The molecule has 0 saturated carbocycles. The maximum absolute atomic E-state index is 12.7. The van der Waals surface area contributed by atoms with Crippen LogP contribution < -0.4 is 0 Å². The number of carbonyl (C=O) groups is 2. The third-order valence-electron chi connectivity index (χ3n) is 10.2. The van der Waals surface area contributed by atoms with Crippen molar-refractivity contribution in [2.75, 3.05) is 40.5 Å². The van der Waals surface area contributed by atoms with E-state index < -0.39 is 26.5 Å². The van der Waals surface area contributed by atoms with Gasteiger partial charge in [-0.3, -0.25) is 18.6 Å². The Bertz CT molecular complexity index is 1000. The molecule has 0 spiro atoms. The first-order valence-corrected chi connectivity index (χ1v) is 25.1. The van der Waals surface area contributed by atoms with Crippen LogP contribution in [-0.4, -0.2) is 68.3 Å². The van der Waals surface area contributed by atoms with Crippen LogP contribution in [0.1, 0.15) is 219 Å². The molecular weight excluding hydrogens is 737 g/mol. The summed E-state index contributed by atoms with van der Waals surface area (Å²) in [4.78, 5) is 37.1. The van der Waals surface area contributed by atoms with E-state index in [-0.39, 0.29) is 32.0 Å². The average molecular weight is 828 g/mol. The second-order valence-corrected chi connectivity index (χ2v) is 17.7. The predicted octanol–water partition coefficient (Wildman–Crippen LogP) is 13.8. The van der Waals surface area contributed by atoms with Crippen LogP contribution in [0.5, 0.6) is 0 Å². The summed E-state index contributed by atoms with van der Waals surface area (Å²) in [6.07, 6.45) is 45.0. The van der Waals surface area contributed by atoms with Gasteiger partial charge in [0, 0.05) is 19.4 Å². The van der Waals surface area contributed by atoms with E-state index in [0.29, 0.717) is 13.0 Å². The van der Waals surface area contributed by atoms with E-state index in [1.807, 2.05) is 19.0 Å². The highest BCUT2D eigenvalue weighted by Crippen LogP contribution is 2.43. The molecule has 0 bridgehead atoms. The van der Waals surface area contributed by atoms with Crippen molar-refractivity contribution < 1.29 is 37.6 Å². The zero-order valence-corrected chi connectivity index (χ0v) is 38.4. The van der Waals surface area contributed by atoms with Crippen LogP contribution >= 0.6 is 7.82 Å². The van der Waals surface area contributed by atoms with E-state index in [2.05, 4.69) is 38.2 Å². The number of phosphoric acid groups is 1. The number of likely N-dealkylation sites (N-methyl/N-ethyl adjacent to an activating group) is 1. The molecule has 0 aliphatic carbocycles. The number of phosphoric ester groups is 1. The van der Waals surface area contributed by atoms with Gasteiger partial charge in [-0.1, -0.05) is 167 Å². The number of rotatable bonds is 44. The predicted molar refractivity (Wildman–Crippen MR) is 238 cm³/mol. The molecule has 0 aromatic rings. The third kappa shape index (κ3) is 43.9. The van der Waals surface area contributed by atoms with Crippen LogP contribution in [0.25, 0.3) is 0 Å². The molecule has 2 unspecified atom stereocenters. The number of allylic oxidation sites excluding steroid dienone is 4. The Morgan fingerprint density at radius 3 is 1.32 bits per heavy atom. The summed E-state index contributed by atoms with van der Waals surface area (Å²) in [6, 6.07) is 0. The molecule has 9 nitrogen and oxygen atoms in total. The van der Waals surface area contributed by atoms with Crippen molar-refractivity contribution in [2.24, 2.45) is 0 Å². The third-order valence-corrected chi connectivity index (χ3v) is 11.2. The molecule has 0 aromatic carbocycles. The quantitative estimate of drug-likeness (QED) is 0.0278. The molecule has 0 saturated heterocycles. The largest absolute Gasteiger partial charge is 0.472 e. The van der Waals surface area contributed by atoms with Crippen LogP contribution in [0.2, 0.25) is 0 Å². The fraction of sp³-hybridized carbons (Fsp3) is 0.872. The molecule has 0 fully saturated rings. The highest BCUT2D eigenvalue weighted by Gasteiger charge is 2.26. The van der Waals surface area contributed by atoms with E-state index in [1.54, 1.807) is 0 Å². The van der Waals surface area contributed by atoms with Gasteiger partial charge in [-0.25, -0.2) is 4.57 Å². The topological polar surface area (TPSA) is 112 Å². The molecule has 0 aromatic heterocycles. The molecule has 10 heteroatoms. The zero-order chi connectivity index (χ0) is 41.9. The number of unbranched alkanes of at least 4 members (excludes halogenated alkanes) is 26. The van der Waals surface area contributed by atoms with Crippen LogP contribution in [0.15, 0.2) is 24.3 Å². The highest BCUT2D eigenvalue weighted by atomic mass is 31.2. The minimum Gasteiger partial charge on any atom is -0.462 e. The number of carbonyl (C=O) groups excluding carboxylic acids is 2. The number of nitrogens with zero attached hydrogens (tertiary/aromatic N) is 1. The van der Waals surface area contributed by atoms with Crippen molar-refractivity contribution in [3.63, 3.8) is 0 Å². The molecule has 0 aliphatic rings. The van der Waals surface area contributed by atoms with Crippen LogP contribution in [0.4, 0.5) is 0 Å². The highest BCUT2D eigenvalue weighted by molar-refractivity contribution is 7.47. The lowest BCUT2D eigenvalue weighted by Gasteiger charge is -2.20. The summed E-state index contributed by atoms with van der Waals surface area (Å²) in [5.74, 6) is -0.803. The first kappa shape index (κ1) is 55.5. The smallest absolute Gasteiger partial charge is 0.462 e. The SMILES string of the molecule is CCCCCC/C=C\CCCCCCCCCC(=O)OCC(COP(=O)(O)OCCN(C)C)OC(=O)CCCCCCCCCCC/C=C\CCCCCCCC. The van der Waals surface area contributed by atoms with E-state index in [9.17, 15) is 19.0 Å². The number of hydrogen-bond donors (Lipinski definition) is 1. The molecule has 0 amide bonds. The minimum atomic E-state index is -4.36. The maximum atomic E-state index is 12.7. The van der Waals surface area contributed by atoms with E-state index in [0.717, 1.165) is 38.5 Å². The minimum absolute atomic E-state index is 0.00775. The summed E-state index contributed by atoms with van der Waals surface area (Å²) in [7, 11) is -0.709. The van der Waals surface area contributed by atoms with Gasteiger partial charge in [0.1, 0.15) is 6.61 Å². The van der Waals surface area contributed by atoms with Gasteiger partial charge in [-0.05, 0) is 78.3 Å². The van der Waals surface area contributed by atoms with E-state index in [4.69, 9.17) is 18.5 Å². The van der Waals surface area contributed by atoms with Crippen molar-refractivity contribution >= 4 is 19.8 Å². The van der Waals surface area contributed by atoms with Crippen molar-refractivity contribution in [1.29, 1.82) is 0 Å². The van der Waals surface area contributed by atoms with Crippen molar-refractivity contribution in [3.8, 4) is 0 Å². The van der Waals surface area contributed by atoms with E-state index >= 15 is 0 Å². The first-order valence-electron chi connectivity index (χ1n) is 23.6. The Morgan fingerprint density at radius 2 is 0.895 bits per heavy atom. The summed E-state index contributed by atoms with van der Waals surface area (Å²) in [5.41, 5.74) is 0. The van der Waals surface area contributed by atoms with Crippen LogP contribution in [0.3, 0.4) is 0 Å². The van der Waals surface area contributed by atoms with Crippen molar-refractivity contribution in [1.82, 2.24) is 4.90 Å². The van der Waals surface area contributed by atoms with Gasteiger partial charge in [0.2, 0.25) is 0 Å². The van der Waals surface area contributed by atoms with Gasteiger partial charge in [-0.15, -0.1) is 0 Å². The maximum Gasteiger partial charge on any atom is 0.472 e. The monoisotopic (exact) mass is 828 g/mol. The number of hydrogen-bond acceptors (Lipinski definition) is 8. The summed E-state index contributed by atoms with van der Waals surface area (Å²) < 4.78 is 33.5. The van der Waals surface area contributed by atoms with Gasteiger partial charge in [-0.2, -0.15) is 0 Å². The molecule has 0 aliphatic heterocycles. The Balaban J connectivity index is 4.22. The Morgan fingerprint density at radius 1 is 0.526 bits per heavy atom. The molecule has 1 N–H and O–H groups in total. The Kier molecular flexibility index (Phi) is 41.5. The fourth-order valence-corrected chi connectivity index (χ4v) is 7.30. The summed E-state index contributed by atoms with van der Waals surface area (Å²) in [6.45, 7) is 4.32. The first-order chi connectivity index (χ1) is 27.7. The molecule has 2 atom stereocenters. The zero-order valence-electron chi connectivity index (χ0n) is 37.5. The van der Waals surface area contributed by atoms with Gasteiger partial charge >= 0.3 is 19.8 Å².